The average Bonchev–Trinajstić information content (AvgIpc) is 2.59. The molecule has 0 atom stereocenters. The molecule has 22 heavy (non-hydrogen) atoms. The van der Waals surface area contributed by atoms with Crippen molar-refractivity contribution in [2.45, 2.75) is 9.79 Å². The van der Waals surface area contributed by atoms with E-state index in [1.807, 2.05) is 35.2 Å². The van der Waals surface area contributed by atoms with Gasteiger partial charge >= 0.3 is 0 Å². The van der Waals surface area contributed by atoms with Gasteiger partial charge in [-0.25, -0.2) is 0 Å². The summed E-state index contributed by atoms with van der Waals surface area (Å²) in [4.78, 5) is 16.7. The Morgan fingerprint density at radius 2 is 1.73 bits per heavy atom. The first-order valence-electron chi connectivity index (χ1n) is 6.97. The summed E-state index contributed by atoms with van der Waals surface area (Å²) in [6.07, 6.45) is 0. The third-order valence-electron chi connectivity index (χ3n) is 3.78. The quantitative estimate of drug-likeness (QED) is 0.537. The third-order valence-corrected chi connectivity index (χ3v) is 5.37. The molecule has 0 radical (unpaired) electrons. The molecule has 1 aliphatic rings. The zero-order valence-electron chi connectivity index (χ0n) is 11.6. The minimum atomic E-state index is 0.0466. The van der Waals surface area contributed by atoms with Gasteiger partial charge in [0, 0.05) is 15.2 Å². The lowest BCUT2D eigenvalue weighted by Crippen LogP contribution is -2.29. The molecule has 0 N–H and O–H groups in total. The van der Waals surface area contributed by atoms with Crippen LogP contribution in [0.15, 0.2) is 70.5 Å². The van der Waals surface area contributed by atoms with Crippen molar-refractivity contribution in [3.05, 3.63) is 60.7 Å². The second-order valence-corrected chi connectivity index (χ2v) is 6.71. The van der Waals surface area contributed by atoms with Crippen LogP contribution in [0, 0.1) is 0 Å². The molecule has 108 valence electrons. The lowest BCUT2D eigenvalue weighted by atomic mass is 10.1. The number of halogens is 1. The van der Waals surface area contributed by atoms with E-state index in [1.54, 1.807) is 11.8 Å². The highest BCUT2D eigenvalue weighted by Gasteiger charge is 2.28. The zero-order valence-corrected chi connectivity index (χ0v) is 14.0. The topological polar surface area (TPSA) is 20.3 Å². The van der Waals surface area contributed by atoms with E-state index in [2.05, 4.69) is 46.3 Å². The number of amides is 1. The average molecular weight is 370 g/mol. The van der Waals surface area contributed by atoms with E-state index in [0.717, 1.165) is 31.9 Å². The molecule has 1 amide bonds. The van der Waals surface area contributed by atoms with Crippen LogP contribution in [0.4, 0.5) is 11.4 Å². The first-order chi connectivity index (χ1) is 10.8. The summed E-state index contributed by atoms with van der Waals surface area (Å²) in [7, 11) is 0. The van der Waals surface area contributed by atoms with Gasteiger partial charge in [0.05, 0.1) is 16.7 Å². The molecule has 3 aromatic rings. The third kappa shape index (κ3) is 2.06. The molecule has 1 heterocycles. The van der Waals surface area contributed by atoms with Gasteiger partial charge in [0.2, 0.25) is 5.91 Å². The van der Waals surface area contributed by atoms with Crippen LogP contribution >= 0.6 is 27.7 Å². The molecule has 0 aliphatic carbocycles. The number of nitrogens with zero attached hydrogens (tertiary/aromatic N) is 1. The number of hydrogen-bond acceptors (Lipinski definition) is 2. The fourth-order valence-corrected chi connectivity index (χ4v) is 4.17. The van der Waals surface area contributed by atoms with Crippen LogP contribution in [0.3, 0.4) is 0 Å². The number of rotatable bonds is 1. The summed E-state index contributed by atoms with van der Waals surface area (Å²) >= 11 is 5.04. The second-order valence-electron chi connectivity index (χ2n) is 5.07. The predicted octanol–water partition coefficient (Wildman–Crippen LogP) is 5.36. The van der Waals surface area contributed by atoms with E-state index in [1.165, 1.54) is 0 Å². The summed E-state index contributed by atoms with van der Waals surface area (Å²) in [5.74, 6) is 0.0466. The Bertz CT molecular complexity index is 893. The van der Waals surface area contributed by atoms with Crippen molar-refractivity contribution in [1.82, 2.24) is 0 Å². The van der Waals surface area contributed by atoms with Crippen molar-refractivity contribution in [1.29, 1.82) is 0 Å². The van der Waals surface area contributed by atoms with Gasteiger partial charge in [0.15, 0.2) is 0 Å². The van der Waals surface area contributed by atoms with Gasteiger partial charge in [-0.2, -0.15) is 0 Å². The van der Waals surface area contributed by atoms with Crippen molar-refractivity contribution >= 4 is 55.7 Å². The molecule has 0 saturated carbocycles. The number of anilines is 2. The number of carbonyl (C=O) groups excluding carboxylic acids is 1. The SMILES string of the molecule is O=C(CBr)N1c2ccccc2Sc2ccc3ccccc3c21. The molecule has 0 fully saturated rings. The molecule has 0 spiro atoms. The van der Waals surface area contributed by atoms with E-state index in [-0.39, 0.29) is 5.91 Å². The number of carbonyl (C=O) groups is 1. The fraction of sp³-hybridized carbons (Fsp3) is 0.0556. The van der Waals surface area contributed by atoms with Gasteiger partial charge in [-0.3, -0.25) is 9.69 Å². The highest BCUT2D eigenvalue weighted by atomic mass is 79.9. The van der Waals surface area contributed by atoms with Gasteiger partial charge in [0.1, 0.15) is 0 Å². The molecule has 0 unspecified atom stereocenters. The van der Waals surface area contributed by atoms with Gasteiger partial charge in [-0.15, -0.1) is 0 Å². The predicted molar refractivity (Wildman–Crippen MR) is 95.5 cm³/mol. The highest BCUT2D eigenvalue weighted by Crippen LogP contribution is 2.50. The van der Waals surface area contributed by atoms with E-state index in [9.17, 15) is 4.79 Å². The Morgan fingerprint density at radius 3 is 2.59 bits per heavy atom. The molecule has 4 rings (SSSR count). The van der Waals surface area contributed by atoms with Crippen LogP contribution in [-0.2, 0) is 4.79 Å². The zero-order chi connectivity index (χ0) is 15.1. The van der Waals surface area contributed by atoms with Crippen molar-refractivity contribution < 1.29 is 4.79 Å². The van der Waals surface area contributed by atoms with Crippen LogP contribution in [0.25, 0.3) is 10.8 Å². The maximum Gasteiger partial charge on any atom is 0.242 e. The Hall–Kier alpha value is -1.78. The number of alkyl halides is 1. The molecule has 1 aliphatic heterocycles. The highest BCUT2D eigenvalue weighted by molar-refractivity contribution is 9.09. The van der Waals surface area contributed by atoms with Crippen LogP contribution in [0.1, 0.15) is 0 Å². The van der Waals surface area contributed by atoms with E-state index >= 15 is 0 Å². The van der Waals surface area contributed by atoms with Crippen molar-refractivity contribution in [3.8, 4) is 0 Å². The summed E-state index contributed by atoms with van der Waals surface area (Å²) in [6.45, 7) is 0. The second kappa shape index (κ2) is 5.45. The largest absolute Gasteiger partial charge is 0.277 e. The smallest absolute Gasteiger partial charge is 0.242 e. The Kier molecular flexibility index (Phi) is 3.43. The number of hydrogen-bond donors (Lipinski definition) is 0. The molecule has 0 aromatic heterocycles. The lowest BCUT2D eigenvalue weighted by Gasteiger charge is -2.31. The monoisotopic (exact) mass is 369 g/mol. The van der Waals surface area contributed by atoms with Gasteiger partial charge in [0.25, 0.3) is 0 Å². The maximum absolute atomic E-state index is 12.6. The van der Waals surface area contributed by atoms with E-state index in [4.69, 9.17) is 0 Å². The summed E-state index contributed by atoms with van der Waals surface area (Å²) in [6, 6.07) is 20.5. The first kappa shape index (κ1) is 13.9. The van der Waals surface area contributed by atoms with Crippen LogP contribution in [0.2, 0.25) is 0 Å². The molecular formula is C18H12BrNOS. The summed E-state index contributed by atoms with van der Waals surface area (Å²) < 4.78 is 0. The maximum atomic E-state index is 12.6. The van der Waals surface area contributed by atoms with E-state index < -0.39 is 0 Å². The van der Waals surface area contributed by atoms with Crippen molar-refractivity contribution in [2.24, 2.45) is 0 Å². The standard InChI is InChI=1S/C18H12BrNOS/c19-11-17(21)20-14-7-3-4-8-15(14)22-16-10-9-12-5-1-2-6-13(12)18(16)20/h1-10H,11H2. The minimum absolute atomic E-state index is 0.0466. The van der Waals surface area contributed by atoms with Crippen molar-refractivity contribution in [2.75, 3.05) is 10.2 Å². The summed E-state index contributed by atoms with van der Waals surface area (Å²) in [5.41, 5.74) is 1.95. The molecule has 3 aromatic carbocycles. The van der Waals surface area contributed by atoms with Crippen molar-refractivity contribution in [3.63, 3.8) is 0 Å². The van der Waals surface area contributed by atoms with Crippen LogP contribution < -0.4 is 4.90 Å². The molecule has 4 heteroatoms. The van der Waals surface area contributed by atoms with Gasteiger partial charge in [-0.05, 0) is 23.6 Å². The van der Waals surface area contributed by atoms with Gasteiger partial charge in [-0.1, -0.05) is 70.2 Å². The van der Waals surface area contributed by atoms with Gasteiger partial charge < -0.3 is 0 Å². The Balaban J connectivity index is 2.05. The van der Waals surface area contributed by atoms with E-state index in [0.29, 0.717) is 5.33 Å². The molecule has 0 saturated heterocycles. The molecule has 0 bridgehead atoms. The number of para-hydroxylation sites is 1. The lowest BCUT2D eigenvalue weighted by molar-refractivity contribution is -0.115. The molecule has 2 nitrogen and oxygen atoms in total. The molecular weight excluding hydrogens is 358 g/mol. The Morgan fingerprint density at radius 1 is 0.955 bits per heavy atom. The summed E-state index contributed by atoms with van der Waals surface area (Å²) in [5, 5.41) is 2.55. The fourth-order valence-electron chi connectivity index (χ4n) is 2.83. The first-order valence-corrected chi connectivity index (χ1v) is 8.91. The van der Waals surface area contributed by atoms with Crippen LogP contribution in [-0.4, -0.2) is 11.2 Å². The Labute approximate surface area is 141 Å². The normalized spacial score (nSPS) is 12.9. The minimum Gasteiger partial charge on any atom is -0.277 e. The van der Waals surface area contributed by atoms with Crippen LogP contribution in [0.5, 0.6) is 0 Å². The number of fused-ring (bicyclic) bond motifs is 4. The number of benzene rings is 3.